The molecule has 3 heterocycles. The van der Waals surface area contributed by atoms with Gasteiger partial charge >= 0.3 is 0 Å². The Balaban J connectivity index is 1.41. The van der Waals surface area contributed by atoms with E-state index in [1.807, 2.05) is 17.0 Å². The Morgan fingerprint density at radius 1 is 1.04 bits per heavy atom. The fourth-order valence-electron chi connectivity index (χ4n) is 3.23. The Bertz CT molecular complexity index is 909. The third kappa shape index (κ3) is 3.55. The lowest BCUT2D eigenvalue weighted by Crippen LogP contribution is -2.35. The summed E-state index contributed by atoms with van der Waals surface area (Å²) in [7, 11) is 0. The van der Waals surface area contributed by atoms with Crippen molar-refractivity contribution in [3.8, 4) is 0 Å². The smallest absolute Gasteiger partial charge is 0.255 e. The highest BCUT2D eigenvalue weighted by Gasteiger charge is 2.21. The molecular formula is C18H19FN6O. The number of pyridine rings is 1. The molecular weight excluding hydrogens is 335 g/mol. The fourth-order valence-corrected chi connectivity index (χ4v) is 3.23. The zero-order valence-electron chi connectivity index (χ0n) is 14.3. The lowest BCUT2D eigenvalue weighted by Gasteiger charge is -2.22. The highest BCUT2D eigenvalue weighted by molar-refractivity contribution is 5.94. The van der Waals surface area contributed by atoms with Gasteiger partial charge in [-0.1, -0.05) is 12.1 Å². The summed E-state index contributed by atoms with van der Waals surface area (Å²) in [5.41, 5.74) is 2.27. The second-order valence-electron chi connectivity index (χ2n) is 6.45. The van der Waals surface area contributed by atoms with Crippen molar-refractivity contribution in [2.75, 3.05) is 26.2 Å². The summed E-state index contributed by atoms with van der Waals surface area (Å²) in [6, 6.07) is 10.1. The van der Waals surface area contributed by atoms with Crippen LogP contribution in [0.5, 0.6) is 0 Å². The average Bonchev–Trinajstić information content (AvgIpc) is 3.01. The van der Waals surface area contributed by atoms with E-state index in [1.54, 1.807) is 18.3 Å². The van der Waals surface area contributed by atoms with E-state index in [2.05, 4.69) is 20.4 Å². The Morgan fingerprint density at radius 3 is 2.73 bits per heavy atom. The molecule has 1 amide bonds. The van der Waals surface area contributed by atoms with Crippen molar-refractivity contribution in [3.63, 3.8) is 0 Å². The Morgan fingerprint density at radius 2 is 1.88 bits per heavy atom. The first-order valence-corrected chi connectivity index (χ1v) is 8.63. The van der Waals surface area contributed by atoms with Crippen LogP contribution >= 0.6 is 0 Å². The van der Waals surface area contributed by atoms with Gasteiger partial charge in [-0.15, -0.1) is 5.10 Å². The summed E-state index contributed by atoms with van der Waals surface area (Å²) in [5, 5.41) is 11.3. The number of hydrogen-bond acceptors (Lipinski definition) is 5. The van der Waals surface area contributed by atoms with E-state index in [1.165, 1.54) is 16.6 Å². The van der Waals surface area contributed by atoms with Gasteiger partial charge in [0, 0.05) is 38.9 Å². The van der Waals surface area contributed by atoms with Gasteiger partial charge in [0.2, 0.25) is 0 Å². The van der Waals surface area contributed by atoms with Crippen molar-refractivity contribution in [2.24, 2.45) is 0 Å². The zero-order valence-corrected chi connectivity index (χ0v) is 14.3. The predicted molar refractivity (Wildman–Crippen MR) is 93.0 cm³/mol. The van der Waals surface area contributed by atoms with E-state index >= 15 is 0 Å². The van der Waals surface area contributed by atoms with Crippen molar-refractivity contribution in [1.82, 2.24) is 29.8 Å². The van der Waals surface area contributed by atoms with Gasteiger partial charge in [-0.25, -0.2) is 4.39 Å². The van der Waals surface area contributed by atoms with Crippen LogP contribution in [0.4, 0.5) is 4.39 Å². The summed E-state index contributed by atoms with van der Waals surface area (Å²) >= 11 is 0. The van der Waals surface area contributed by atoms with E-state index in [0.717, 1.165) is 31.6 Å². The summed E-state index contributed by atoms with van der Waals surface area (Å²) < 4.78 is 14.5. The number of halogens is 1. The third-order valence-electron chi connectivity index (χ3n) is 4.63. The number of aromatic nitrogens is 4. The van der Waals surface area contributed by atoms with Crippen LogP contribution in [0.25, 0.3) is 5.65 Å². The van der Waals surface area contributed by atoms with Crippen molar-refractivity contribution >= 4 is 11.6 Å². The molecule has 0 spiro atoms. The molecule has 1 saturated heterocycles. The van der Waals surface area contributed by atoms with Crippen LogP contribution in [0.15, 0.2) is 42.6 Å². The van der Waals surface area contributed by atoms with Crippen molar-refractivity contribution in [2.45, 2.75) is 13.0 Å². The first-order chi connectivity index (χ1) is 12.7. The summed E-state index contributed by atoms with van der Waals surface area (Å²) in [6.45, 7) is 3.84. The maximum atomic E-state index is 13.0. The third-order valence-corrected chi connectivity index (χ3v) is 4.63. The molecule has 26 heavy (non-hydrogen) atoms. The Labute approximate surface area is 150 Å². The summed E-state index contributed by atoms with van der Waals surface area (Å²) in [4.78, 5) is 17.0. The minimum atomic E-state index is -0.221. The monoisotopic (exact) mass is 354 g/mol. The molecule has 0 unspecified atom stereocenters. The number of carbonyl (C=O) groups is 1. The lowest BCUT2D eigenvalue weighted by atomic mass is 10.2. The fraction of sp³-hybridized carbons (Fsp3) is 0.333. The largest absolute Gasteiger partial charge is 0.337 e. The molecule has 0 aliphatic carbocycles. The van der Waals surface area contributed by atoms with Gasteiger partial charge in [0.25, 0.3) is 5.91 Å². The van der Waals surface area contributed by atoms with E-state index in [4.69, 9.17) is 0 Å². The van der Waals surface area contributed by atoms with Crippen molar-refractivity contribution in [1.29, 1.82) is 0 Å². The molecule has 8 heteroatoms. The molecule has 134 valence electrons. The van der Waals surface area contributed by atoms with Crippen LogP contribution in [0.1, 0.15) is 22.3 Å². The molecule has 3 aromatic rings. The number of rotatable bonds is 3. The number of nitrogens with zero attached hydrogens (tertiary/aromatic N) is 6. The molecule has 0 radical (unpaired) electrons. The predicted octanol–water partition coefficient (Wildman–Crippen LogP) is 1.61. The molecule has 1 aliphatic heterocycles. The SMILES string of the molecule is O=C(c1ccc2nnnn2c1)N1CCCN(Cc2ccc(F)cc2)CC1. The van der Waals surface area contributed by atoms with Gasteiger partial charge in [0.05, 0.1) is 5.56 Å². The molecule has 7 nitrogen and oxygen atoms in total. The summed E-state index contributed by atoms with van der Waals surface area (Å²) in [6.07, 6.45) is 2.57. The quantitative estimate of drug-likeness (QED) is 0.715. The first kappa shape index (κ1) is 16.6. The lowest BCUT2D eigenvalue weighted by molar-refractivity contribution is 0.0760. The van der Waals surface area contributed by atoms with Crippen LogP contribution in [0.2, 0.25) is 0 Å². The van der Waals surface area contributed by atoms with Crippen molar-refractivity contribution in [3.05, 3.63) is 59.5 Å². The molecule has 0 bridgehead atoms. The normalized spacial score (nSPS) is 16.0. The number of carbonyl (C=O) groups excluding carboxylic acids is 1. The number of hydrogen-bond donors (Lipinski definition) is 0. The maximum absolute atomic E-state index is 13.0. The van der Waals surface area contributed by atoms with Gasteiger partial charge in [0.15, 0.2) is 5.65 Å². The van der Waals surface area contributed by atoms with Crippen LogP contribution in [0.3, 0.4) is 0 Å². The first-order valence-electron chi connectivity index (χ1n) is 8.63. The van der Waals surface area contributed by atoms with Crippen LogP contribution in [-0.4, -0.2) is 61.9 Å². The van der Waals surface area contributed by atoms with Gasteiger partial charge in [0.1, 0.15) is 5.82 Å². The molecule has 2 aromatic heterocycles. The minimum absolute atomic E-state index is 0.00830. The van der Waals surface area contributed by atoms with Crippen molar-refractivity contribution < 1.29 is 9.18 Å². The van der Waals surface area contributed by atoms with E-state index < -0.39 is 0 Å². The van der Waals surface area contributed by atoms with E-state index in [-0.39, 0.29) is 11.7 Å². The standard InChI is InChI=1S/C18H19FN6O/c19-16-5-2-14(3-6-16)12-23-8-1-9-24(11-10-23)18(26)15-4-7-17-20-21-22-25(17)13-15/h2-7,13H,1,8-12H2. The second-order valence-corrected chi connectivity index (χ2v) is 6.45. The Hall–Kier alpha value is -2.87. The van der Waals surface area contributed by atoms with E-state index in [9.17, 15) is 9.18 Å². The zero-order chi connectivity index (χ0) is 17.9. The molecule has 1 aliphatic rings. The minimum Gasteiger partial charge on any atom is -0.337 e. The molecule has 0 N–H and O–H groups in total. The molecule has 4 rings (SSSR count). The van der Waals surface area contributed by atoms with Gasteiger partial charge in [-0.2, -0.15) is 4.52 Å². The topological polar surface area (TPSA) is 66.6 Å². The van der Waals surface area contributed by atoms with Crippen LogP contribution in [0, 0.1) is 5.82 Å². The van der Waals surface area contributed by atoms with Gasteiger partial charge in [-0.05, 0) is 46.7 Å². The highest BCUT2D eigenvalue weighted by atomic mass is 19.1. The molecule has 1 fully saturated rings. The number of amides is 1. The number of benzene rings is 1. The Kier molecular flexibility index (Phi) is 4.57. The highest BCUT2D eigenvalue weighted by Crippen LogP contribution is 2.13. The van der Waals surface area contributed by atoms with Crippen LogP contribution in [-0.2, 0) is 6.54 Å². The average molecular weight is 354 g/mol. The van der Waals surface area contributed by atoms with E-state index in [0.29, 0.717) is 24.3 Å². The summed E-state index contributed by atoms with van der Waals surface area (Å²) in [5.74, 6) is -0.230. The second kappa shape index (κ2) is 7.17. The molecule has 1 aromatic carbocycles. The molecule has 0 atom stereocenters. The molecule has 0 saturated carbocycles. The van der Waals surface area contributed by atoms with Gasteiger partial charge in [-0.3, -0.25) is 9.69 Å². The number of tetrazole rings is 1. The van der Waals surface area contributed by atoms with Gasteiger partial charge < -0.3 is 4.90 Å². The van der Waals surface area contributed by atoms with Crippen LogP contribution < -0.4 is 0 Å². The number of fused-ring (bicyclic) bond motifs is 1. The maximum Gasteiger partial charge on any atom is 0.255 e.